The molecule has 0 amide bonds. The van der Waals surface area contributed by atoms with Crippen LogP contribution in [0.3, 0.4) is 0 Å². The van der Waals surface area contributed by atoms with E-state index in [1.807, 2.05) is 54.8 Å². The van der Waals surface area contributed by atoms with E-state index in [4.69, 9.17) is 4.74 Å². The molecule has 0 aliphatic carbocycles. The average molecular weight is 415 g/mol. The lowest BCUT2D eigenvalue weighted by molar-refractivity contribution is 0.0457. The van der Waals surface area contributed by atoms with Gasteiger partial charge in [0.1, 0.15) is 18.0 Å². The molecule has 6 nitrogen and oxygen atoms in total. The van der Waals surface area contributed by atoms with Crippen molar-refractivity contribution in [2.24, 2.45) is 0 Å². The smallest absolute Gasteiger partial charge is 0.338 e. The molecular formula is C23H17N3O3S. The van der Waals surface area contributed by atoms with Crippen LogP contribution in [0.4, 0.5) is 0 Å². The van der Waals surface area contributed by atoms with Crippen LogP contribution in [0.5, 0.6) is 0 Å². The molecule has 0 fully saturated rings. The summed E-state index contributed by atoms with van der Waals surface area (Å²) in [5.74, 6) is -0.260. The van der Waals surface area contributed by atoms with Gasteiger partial charge in [-0.05, 0) is 24.6 Å². The predicted molar refractivity (Wildman–Crippen MR) is 115 cm³/mol. The molecule has 0 radical (unpaired) electrons. The topological polar surface area (TPSA) is 85.0 Å². The van der Waals surface area contributed by atoms with Crippen LogP contribution in [0.15, 0.2) is 64.8 Å². The Labute approximate surface area is 176 Å². The highest BCUT2D eigenvalue weighted by Gasteiger charge is 2.18. The maximum Gasteiger partial charge on any atom is 0.338 e. The third kappa shape index (κ3) is 3.73. The van der Waals surface area contributed by atoms with Gasteiger partial charge in [-0.2, -0.15) is 5.26 Å². The third-order valence-electron chi connectivity index (χ3n) is 4.67. The minimum Gasteiger partial charge on any atom is -0.454 e. The fourth-order valence-corrected chi connectivity index (χ4v) is 4.18. The zero-order valence-electron chi connectivity index (χ0n) is 16.2. The molecule has 30 heavy (non-hydrogen) atoms. The van der Waals surface area contributed by atoms with Crippen molar-refractivity contribution in [2.45, 2.75) is 20.1 Å². The van der Waals surface area contributed by atoms with E-state index >= 15 is 0 Å². The molecule has 2 aromatic heterocycles. The zero-order valence-corrected chi connectivity index (χ0v) is 17.0. The van der Waals surface area contributed by atoms with Crippen LogP contribution in [-0.2, 0) is 17.9 Å². The molecule has 0 spiro atoms. The quantitative estimate of drug-likeness (QED) is 0.453. The molecule has 0 unspecified atom stereocenters. The number of carbonyl (C=O) groups is 1. The van der Waals surface area contributed by atoms with E-state index in [-0.39, 0.29) is 24.5 Å². The summed E-state index contributed by atoms with van der Waals surface area (Å²) in [6.45, 7) is 1.51. The summed E-state index contributed by atoms with van der Waals surface area (Å²) in [7, 11) is 0. The van der Waals surface area contributed by atoms with Crippen molar-refractivity contribution in [1.82, 2.24) is 9.55 Å². The first-order valence-electron chi connectivity index (χ1n) is 9.25. The van der Waals surface area contributed by atoms with E-state index in [2.05, 4.69) is 4.98 Å². The predicted octanol–water partition coefficient (Wildman–Crippen LogP) is 4.31. The lowest BCUT2D eigenvalue weighted by Gasteiger charge is -2.11. The Morgan fingerprint density at radius 3 is 2.73 bits per heavy atom. The van der Waals surface area contributed by atoms with Crippen molar-refractivity contribution in [3.8, 4) is 17.2 Å². The van der Waals surface area contributed by atoms with Crippen LogP contribution in [0.2, 0.25) is 0 Å². The first-order chi connectivity index (χ1) is 14.6. The lowest BCUT2D eigenvalue weighted by atomic mass is 10.1. The number of hydrogen-bond donors (Lipinski definition) is 0. The molecule has 0 aliphatic heterocycles. The van der Waals surface area contributed by atoms with Gasteiger partial charge in [-0.15, -0.1) is 11.3 Å². The second-order valence-corrected chi connectivity index (χ2v) is 7.58. The Hall–Kier alpha value is -3.76. The molecule has 148 valence electrons. The monoisotopic (exact) mass is 415 g/mol. The van der Waals surface area contributed by atoms with Crippen LogP contribution in [0.1, 0.15) is 21.7 Å². The summed E-state index contributed by atoms with van der Waals surface area (Å²) in [6.07, 6.45) is 0. The summed E-state index contributed by atoms with van der Waals surface area (Å²) in [4.78, 5) is 30.7. The summed E-state index contributed by atoms with van der Waals surface area (Å²) in [6, 6.07) is 18.6. The van der Waals surface area contributed by atoms with Crippen LogP contribution < -0.4 is 5.56 Å². The number of ether oxygens (including phenoxy) is 1. The van der Waals surface area contributed by atoms with Crippen molar-refractivity contribution >= 4 is 27.5 Å². The molecule has 0 saturated carbocycles. The molecule has 7 heteroatoms. The number of aromatic nitrogens is 2. The molecule has 0 bridgehead atoms. The summed E-state index contributed by atoms with van der Waals surface area (Å²) in [5.41, 5.74) is 2.74. The van der Waals surface area contributed by atoms with Gasteiger partial charge in [-0.3, -0.25) is 9.36 Å². The van der Waals surface area contributed by atoms with Crippen molar-refractivity contribution in [3.05, 3.63) is 87.3 Å². The number of hydrogen-bond acceptors (Lipinski definition) is 6. The fraction of sp³-hybridized carbons (Fsp3) is 0.130. The molecule has 0 atom stereocenters. The van der Waals surface area contributed by atoms with Gasteiger partial charge in [0.25, 0.3) is 5.56 Å². The highest BCUT2D eigenvalue weighted by atomic mass is 32.1. The Morgan fingerprint density at radius 1 is 1.20 bits per heavy atom. The van der Waals surface area contributed by atoms with E-state index in [9.17, 15) is 14.9 Å². The lowest BCUT2D eigenvalue weighted by Crippen LogP contribution is -2.26. The van der Waals surface area contributed by atoms with Crippen molar-refractivity contribution < 1.29 is 9.53 Å². The average Bonchev–Trinajstić information content (AvgIpc) is 3.19. The van der Waals surface area contributed by atoms with Gasteiger partial charge in [0, 0.05) is 10.9 Å². The maximum atomic E-state index is 13.2. The Morgan fingerprint density at radius 2 is 2.00 bits per heavy atom. The first-order valence-corrected chi connectivity index (χ1v) is 10.1. The largest absolute Gasteiger partial charge is 0.454 e. The standard InChI is InChI=1S/C23H17N3O3S/c1-15-6-5-9-17(12-15)23(28)29-13-19-25-21-20(22(27)26(19)11-10-24)18(14-30-21)16-7-3-2-4-8-16/h2-9,12,14H,11,13H2,1H3. The Bertz CT molecular complexity index is 1330. The summed E-state index contributed by atoms with van der Waals surface area (Å²) >= 11 is 1.35. The highest BCUT2D eigenvalue weighted by Crippen LogP contribution is 2.30. The minimum atomic E-state index is -0.507. The van der Waals surface area contributed by atoms with E-state index in [1.165, 1.54) is 15.9 Å². The number of aryl methyl sites for hydroxylation is 1. The molecule has 2 heterocycles. The number of thiophene rings is 1. The van der Waals surface area contributed by atoms with E-state index in [0.717, 1.165) is 16.7 Å². The van der Waals surface area contributed by atoms with Crippen molar-refractivity contribution in [1.29, 1.82) is 5.26 Å². The van der Waals surface area contributed by atoms with Gasteiger partial charge in [0.2, 0.25) is 0 Å². The third-order valence-corrected chi connectivity index (χ3v) is 5.54. The van der Waals surface area contributed by atoms with Crippen LogP contribution in [0.25, 0.3) is 21.3 Å². The highest BCUT2D eigenvalue weighted by molar-refractivity contribution is 7.17. The second kappa shape index (κ2) is 8.31. The number of nitrogens with zero attached hydrogens (tertiary/aromatic N) is 3. The van der Waals surface area contributed by atoms with Crippen molar-refractivity contribution in [3.63, 3.8) is 0 Å². The molecule has 4 aromatic rings. The van der Waals surface area contributed by atoms with E-state index in [1.54, 1.807) is 18.2 Å². The normalized spacial score (nSPS) is 10.7. The van der Waals surface area contributed by atoms with E-state index < -0.39 is 5.97 Å². The molecule has 0 saturated heterocycles. The summed E-state index contributed by atoms with van der Waals surface area (Å²) < 4.78 is 6.65. The van der Waals surface area contributed by atoms with E-state index in [0.29, 0.717) is 15.8 Å². The van der Waals surface area contributed by atoms with Crippen LogP contribution in [-0.4, -0.2) is 15.5 Å². The number of benzene rings is 2. The van der Waals surface area contributed by atoms with Crippen molar-refractivity contribution in [2.75, 3.05) is 0 Å². The fourth-order valence-electron chi connectivity index (χ4n) is 3.23. The minimum absolute atomic E-state index is 0.177. The Kier molecular flexibility index (Phi) is 5.42. The Balaban J connectivity index is 1.72. The number of carbonyl (C=O) groups excluding carboxylic acids is 1. The zero-order chi connectivity index (χ0) is 21.1. The van der Waals surface area contributed by atoms with Crippen LogP contribution >= 0.6 is 11.3 Å². The molecule has 0 aliphatic rings. The van der Waals surface area contributed by atoms with Gasteiger partial charge in [-0.1, -0.05) is 48.0 Å². The van der Waals surface area contributed by atoms with Crippen LogP contribution in [0, 0.1) is 18.3 Å². The number of nitriles is 1. The van der Waals surface area contributed by atoms with Gasteiger partial charge in [-0.25, -0.2) is 9.78 Å². The van der Waals surface area contributed by atoms with Gasteiger partial charge in [0.15, 0.2) is 5.82 Å². The number of rotatable bonds is 5. The van der Waals surface area contributed by atoms with Gasteiger partial charge in [0.05, 0.1) is 17.0 Å². The maximum absolute atomic E-state index is 13.2. The molecule has 4 rings (SSSR count). The SMILES string of the molecule is Cc1cccc(C(=O)OCc2nc3scc(-c4ccccc4)c3c(=O)n2CC#N)c1. The molecule has 2 aromatic carbocycles. The van der Waals surface area contributed by atoms with Gasteiger partial charge < -0.3 is 4.74 Å². The number of fused-ring (bicyclic) bond motifs is 1. The second-order valence-electron chi connectivity index (χ2n) is 6.72. The van der Waals surface area contributed by atoms with Gasteiger partial charge >= 0.3 is 5.97 Å². The molecular weight excluding hydrogens is 398 g/mol. The first kappa shape index (κ1) is 19.6. The molecule has 0 N–H and O–H groups in total. The number of esters is 1. The summed E-state index contributed by atoms with van der Waals surface area (Å²) in [5, 5.41) is 11.6.